The minimum atomic E-state index is -3.62. The Kier molecular flexibility index (Phi) is 7.12. The van der Waals surface area contributed by atoms with Crippen LogP contribution in [0.5, 0.6) is 0 Å². The highest BCUT2D eigenvalue weighted by Gasteiger charge is 2.31. The number of rotatable bonds is 8. The van der Waals surface area contributed by atoms with E-state index >= 15 is 0 Å². The summed E-state index contributed by atoms with van der Waals surface area (Å²) in [5.41, 5.74) is 0.403. The van der Waals surface area contributed by atoms with Gasteiger partial charge in [0.15, 0.2) is 0 Å². The molecule has 0 heterocycles. The largest absolute Gasteiger partial charge is 0.383 e. The molecule has 0 aromatic heterocycles. The maximum absolute atomic E-state index is 12.3. The van der Waals surface area contributed by atoms with Gasteiger partial charge in [0.05, 0.1) is 18.6 Å². The molecule has 0 fully saturated rings. The Hall–Kier alpha value is -1.31. The predicted octanol–water partition coefficient (Wildman–Crippen LogP) is 1.65. The van der Waals surface area contributed by atoms with Crippen molar-refractivity contribution in [2.75, 3.05) is 30.8 Å². The van der Waals surface area contributed by atoms with Gasteiger partial charge in [-0.25, -0.2) is 8.42 Å². The Morgan fingerprint density at radius 3 is 2.41 bits per heavy atom. The molecular formula is C14H21ClN2O4S. The molecule has 1 rings (SSSR count). The van der Waals surface area contributed by atoms with Gasteiger partial charge in [-0.1, -0.05) is 18.5 Å². The van der Waals surface area contributed by atoms with E-state index in [9.17, 15) is 13.2 Å². The number of anilines is 1. The lowest BCUT2D eigenvalue weighted by molar-refractivity contribution is -0.122. The third kappa shape index (κ3) is 5.15. The number of benzene rings is 1. The zero-order valence-corrected chi connectivity index (χ0v) is 14.4. The number of amides is 1. The lowest BCUT2D eigenvalue weighted by Gasteiger charge is -2.30. The van der Waals surface area contributed by atoms with Crippen molar-refractivity contribution in [3.05, 3.63) is 29.3 Å². The van der Waals surface area contributed by atoms with Gasteiger partial charge in [-0.05, 0) is 30.7 Å². The van der Waals surface area contributed by atoms with Crippen LogP contribution in [0.2, 0.25) is 5.02 Å². The Balaban J connectivity index is 3.08. The van der Waals surface area contributed by atoms with E-state index in [-0.39, 0.29) is 5.91 Å². The number of sulfonamides is 1. The molecule has 6 nitrogen and oxygen atoms in total. The Morgan fingerprint density at radius 1 is 1.36 bits per heavy atom. The number of nitrogens with one attached hydrogen (secondary N) is 1. The zero-order valence-electron chi connectivity index (χ0n) is 12.9. The molecular weight excluding hydrogens is 328 g/mol. The normalized spacial score (nSPS) is 12.7. The topological polar surface area (TPSA) is 75.7 Å². The number of ether oxygens (including phenoxy) is 1. The average Bonchev–Trinajstić information content (AvgIpc) is 2.44. The van der Waals surface area contributed by atoms with Crippen molar-refractivity contribution >= 4 is 33.2 Å². The maximum atomic E-state index is 12.3. The molecule has 0 radical (unpaired) electrons. The van der Waals surface area contributed by atoms with E-state index in [1.807, 2.05) is 0 Å². The van der Waals surface area contributed by atoms with E-state index in [0.717, 1.165) is 10.6 Å². The van der Waals surface area contributed by atoms with Crippen molar-refractivity contribution in [2.45, 2.75) is 19.4 Å². The average molecular weight is 349 g/mol. The first-order valence-electron chi connectivity index (χ1n) is 6.82. The second kappa shape index (κ2) is 8.36. The fraction of sp³-hybridized carbons (Fsp3) is 0.500. The summed E-state index contributed by atoms with van der Waals surface area (Å²) >= 11 is 5.83. The van der Waals surface area contributed by atoms with Crippen molar-refractivity contribution in [3.8, 4) is 0 Å². The van der Waals surface area contributed by atoms with Crippen LogP contribution < -0.4 is 9.62 Å². The summed E-state index contributed by atoms with van der Waals surface area (Å²) in [6.07, 6.45) is 1.42. The smallest absolute Gasteiger partial charge is 0.243 e. The van der Waals surface area contributed by atoms with Gasteiger partial charge in [-0.2, -0.15) is 0 Å². The van der Waals surface area contributed by atoms with Crippen molar-refractivity contribution in [1.29, 1.82) is 0 Å². The molecule has 0 aliphatic heterocycles. The summed E-state index contributed by atoms with van der Waals surface area (Å²) in [6, 6.07) is 5.51. The quantitative estimate of drug-likeness (QED) is 0.725. The van der Waals surface area contributed by atoms with Crippen LogP contribution in [0.4, 0.5) is 5.69 Å². The number of hydrogen-bond acceptors (Lipinski definition) is 4. The minimum Gasteiger partial charge on any atom is -0.383 e. The van der Waals surface area contributed by atoms with Gasteiger partial charge in [0.25, 0.3) is 0 Å². The molecule has 124 valence electrons. The third-order valence-corrected chi connectivity index (χ3v) is 4.45. The summed E-state index contributed by atoms with van der Waals surface area (Å²) < 4.78 is 30.3. The van der Waals surface area contributed by atoms with Crippen LogP contribution in [0.25, 0.3) is 0 Å². The van der Waals surface area contributed by atoms with E-state index in [4.69, 9.17) is 16.3 Å². The van der Waals surface area contributed by atoms with Crippen molar-refractivity contribution < 1.29 is 17.9 Å². The Bertz CT molecular complexity index is 589. The molecule has 0 spiro atoms. The molecule has 1 aromatic carbocycles. The van der Waals surface area contributed by atoms with Crippen molar-refractivity contribution in [1.82, 2.24) is 5.32 Å². The first kappa shape index (κ1) is 18.7. The summed E-state index contributed by atoms with van der Waals surface area (Å²) in [4.78, 5) is 12.3. The van der Waals surface area contributed by atoms with E-state index in [2.05, 4.69) is 5.32 Å². The van der Waals surface area contributed by atoms with Gasteiger partial charge >= 0.3 is 0 Å². The number of halogens is 1. The van der Waals surface area contributed by atoms with Crippen molar-refractivity contribution in [3.63, 3.8) is 0 Å². The SMILES string of the molecule is CC[C@@H](C(=O)NCCOC)N(c1ccc(Cl)cc1)S(C)(=O)=O. The Morgan fingerprint density at radius 2 is 1.95 bits per heavy atom. The minimum absolute atomic E-state index is 0.323. The van der Waals surface area contributed by atoms with E-state index in [1.54, 1.807) is 31.2 Å². The van der Waals surface area contributed by atoms with Gasteiger partial charge in [0.2, 0.25) is 15.9 Å². The van der Waals surface area contributed by atoms with Crippen LogP contribution in [0.1, 0.15) is 13.3 Å². The highest BCUT2D eigenvalue weighted by atomic mass is 35.5. The molecule has 0 unspecified atom stereocenters. The van der Waals surface area contributed by atoms with Crippen molar-refractivity contribution in [2.24, 2.45) is 0 Å². The van der Waals surface area contributed by atoms with E-state index in [0.29, 0.717) is 30.3 Å². The maximum Gasteiger partial charge on any atom is 0.243 e. The van der Waals surface area contributed by atoms with Crippen LogP contribution in [0.3, 0.4) is 0 Å². The highest BCUT2D eigenvalue weighted by Crippen LogP contribution is 2.24. The summed E-state index contributed by atoms with van der Waals surface area (Å²) in [7, 11) is -2.09. The van der Waals surface area contributed by atoms with E-state index in [1.165, 1.54) is 7.11 Å². The molecule has 1 N–H and O–H groups in total. The summed E-state index contributed by atoms with van der Waals surface area (Å²) in [5.74, 6) is -0.361. The first-order chi connectivity index (χ1) is 10.3. The summed E-state index contributed by atoms with van der Waals surface area (Å²) in [6.45, 7) is 2.45. The van der Waals surface area contributed by atoms with Crippen LogP contribution in [-0.4, -0.2) is 46.9 Å². The van der Waals surface area contributed by atoms with Crippen LogP contribution >= 0.6 is 11.6 Å². The molecule has 8 heteroatoms. The molecule has 0 saturated carbocycles. The molecule has 22 heavy (non-hydrogen) atoms. The van der Waals surface area contributed by atoms with Crippen LogP contribution in [-0.2, 0) is 19.6 Å². The number of carbonyl (C=O) groups excluding carboxylic acids is 1. The second-order valence-corrected chi connectivity index (χ2v) is 7.04. The van der Waals surface area contributed by atoms with Gasteiger partial charge in [-0.15, -0.1) is 0 Å². The zero-order chi connectivity index (χ0) is 16.8. The van der Waals surface area contributed by atoms with E-state index < -0.39 is 16.1 Å². The standard InChI is InChI=1S/C14H21ClN2O4S/c1-4-13(14(18)16-9-10-21-2)17(22(3,19)20)12-7-5-11(15)6-8-12/h5-8,13H,4,9-10H2,1-3H3,(H,16,18)/t13-/m0/s1. The van der Waals surface area contributed by atoms with Crippen LogP contribution in [0, 0.1) is 0 Å². The van der Waals surface area contributed by atoms with Gasteiger partial charge in [0.1, 0.15) is 6.04 Å². The number of nitrogens with zero attached hydrogens (tertiary/aromatic N) is 1. The number of carbonyl (C=O) groups is 1. The number of hydrogen-bond donors (Lipinski definition) is 1. The third-order valence-electron chi connectivity index (χ3n) is 3.02. The molecule has 0 aliphatic carbocycles. The van der Waals surface area contributed by atoms with Gasteiger partial charge in [-0.3, -0.25) is 9.10 Å². The number of methoxy groups -OCH3 is 1. The first-order valence-corrected chi connectivity index (χ1v) is 9.05. The van der Waals surface area contributed by atoms with Gasteiger partial charge in [0, 0.05) is 18.7 Å². The highest BCUT2D eigenvalue weighted by molar-refractivity contribution is 7.92. The molecule has 0 bridgehead atoms. The lowest BCUT2D eigenvalue weighted by Crippen LogP contribution is -2.49. The lowest BCUT2D eigenvalue weighted by atomic mass is 10.2. The molecule has 1 atom stereocenters. The van der Waals surface area contributed by atoms with Gasteiger partial charge < -0.3 is 10.1 Å². The molecule has 0 aliphatic rings. The molecule has 1 aromatic rings. The Labute approximate surface area is 136 Å². The summed E-state index contributed by atoms with van der Waals surface area (Å²) in [5, 5.41) is 3.17. The van der Waals surface area contributed by atoms with Crippen LogP contribution in [0.15, 0.2) is 24.3 Å². The molecule has 1 amide bonds. The predicted molar refractivity (Wildman–Crippen MR) is 87.7 cm³/mol. The second-order valence-electron chi connectivity index (χ2n) is 4.74. The molecule has 0 saturated heterocycles. The fourth-order valence-corrected chi connectivity index (χ4v) is 3.38. The fourth-order valence-electron chi connectivity index (χ4n) is 2.04. The monoisotopic (exact) mass is 348 g/mol.